The molecule has 0 aliphatic heterocycles. The highest BCUT2D eigenvalue weighted by atomic mass is 16.4. The van der Waals surface area contributed by atoms with Crippen molar-refractivity contribution in [3.05, 3.63) is 47.2 Å². The van der Waals surface area contributed by atoms with Crippen LogP contribution in [-0.2, 0) is 4.79 Å². The SMILES string of the molecule is Cc1ccc(-c2cc(C(=O)O)c(C)n2C(CCC(N)=O)CC2CCCCC2)cc1. The van der Waals surface area contributed by atoms with Crippen molar-refractivity contribution >= 4 is 11.9 Å². The Labute approximate surface area is 172 Å². The quantitative estimate of drug-likeness (QED) is 0.639. The van der Waals surface area contributed by atoms with Crippen LogP contribution in [0, 0.1) is 19.8 Å². The molecule has 1 saturated carbocycles. The minimum atomic E-state index is -0.916. The van der Waals surface area contributed by atoms with E-state index in [1.165, 1.54) is 32.1 Å². The van der Waals surface area contributed by atoms with Gasteiger partial charge in [0.1, 0.15) is 0 Å². The number of nitrogens with two attached hydrogens (primary N) is 1. The normalized spacial score (nSPS) is 15.9. The van der Waals surface area contributed by atoms with Crippen LogP contribution in [-0.4, -0.2) is 21.6 Å². The van der Waals surface area contributed by atoms with Gasteiger partial charge in [-0.05, 0) is 44.2 Å². The fourth-order valence-electron chi connectivity index (χ4n) is 4.72. The standard InChI is InChI=1S/C24H32N2O3/c1-16-8-10-19(11-9-16)22-15-21(24(28)29)17(2)26(22)20(12-13-23(25)27)14-18-6-4-3-5-7-18/h8-11,15,18,20H,3-7,12-14H2,1-2H3,(H2,25,27)(H,28,29). The molecule has 0 spiro atoms. The fourth-order valence-corrected chi connectivity index (χ4v) is 4.72. The zero-order chi connectivity index (χ0) is 21.0. The number of aromatic carboxylic acids is 1. The highest BCUT2D eigenvalue weighted by Crippen LogP contribution is 2.37. The van der Waals surface area contributed by atoms with Crippen LogP contribution in [0.4, 0.5) is 0 Å². The summed E-state index contributed by atoms with van der Waals surface area (Å²) in [6.45, 7) is 3.91. The second kappa shape index (κ2) is 9.29. The maximum atomic E-state index is 11.9. The van der Waals surface area contributed by atoms with Crippen LogP contribution in [0.25, 0.3) is 11.3 Å². The summed E-state index contributed by atoms with van der Waals surface area (Å²) < 4.78 is 2.16. The number of hydrogen-bond acceptors (Lipinski definition) is 2. The lowest BCUT2D eigenvalue weighted by molar-refractivity contribution is -0.118. The number of aryl methyl sites for hydroxylation is 1. The van der Waals surface area contributed by atoms with Crippen LogP contribution < -0.4 is 5.73 Å². The van der Waals surface area contributed by atoms with Gasteiger partial charge in [0.25, 0.3) is 0 Å². The molecule has 156 valence electrons. The fraction of sp³-hybridized carbons (Fsp3) is 0.500. The predicted molar refractivity (Wildman–Crippen MR) is 115 cm³/mol. The Balaban J connectivity index is 2.04. The molecule has 1 fully saturated rings. The third-order valence-electron chi connectivity index (χ3n) is 6.29. The van der Waals surface area contributed by atoms with Crippen molar-refractivity contribution in [3.63, 3.8) is 0 Å². The van der Waals surface area contributed by atoms with Crippen molar-refractivity contribution in [2.24, 2.45) is 11.7 Å². The third-order valence-corrected chi connectivity index (χ3v) is 6.29. The molecule has 1 aromatic heterocycles. The van der Waals surface area contributed by atoms with Crippen molar-refractivity contribution in [1.82, 2.24) is 4.57 Å². The largest absolute Gasteiger partial charge is 0.478 e. The Morgan fingerprint density at radius 2 is 1.79 bits per heavy atom. The molecule has 0 bridgehead atoms. The lowest BCUT2D eigenvalue weighted by Crippen LogP contribution is -2.21. The molecule has 1 amide bonds. The van der Waals surface area contributed by atoms with E-state index in [2.05, 4.69) is 4.57 Å². The zero-order valence-corrected chi connectivity index (χ0v) is 17.5. The van der Waals surface area contributed by atoms with Crippen LogP contribution in [0.15, 0.2) is 30.3 Å². The van der Waals surface area contributed by atoms with Gasteiger partial charge in [-0.15, -0.1) is 0 Å². The van der Waals surface area contributed by atoms with Gasteiger partial charge in [0.2, 0.25) is 5.91 Å². The van der Waals surface area contributed by atoms with Crippen LogP contribution in [0.5, 0.6) is 0 Å². The number of carbonyl (C=O) groups is 2. The summed E-state index contributed by atoms with van der Waals surface area (Å²) in [5, 5.41) is 9.73. The Bertz CT molecular complexity index is 861. The first-order chi connectivity index (χ1) is 13.9. The average Bonchev–Trinajstić information content (AvgIpc) is 3.04. The van der Waals surface area contributed by atoms with E-state index in [0.29, 0.717) is 24.3 Å². The second-order valence-corrected chi connectivity index (χ2v) is 8.47. The Morgan fingerprint density at radius 1 is 1.14 bits per heavy atom. The molecule has 1 atom stereocenters. The molecule has 1 aromatic carbocycles. The van der Waals surface area contributed by atoms with Crippen molar-refractivity contribution in [1.29, 1.82) is 0 Å². The summed E-state index contributed by atoms with van der Waals surface area (Å²) in [6, 6.07) is 10.0. The molecular formula is C24H32N2O3. The monoisotopic (exact) mass is 396 g/mol. The number of hydrogen-bond donors (Lipinski definition) is 2. The lowest BCUT2D eigenvalue weighted by atomic mass is 9.83. The molecule has 1 aliphatic rings. The number of benzene rings is 1. The van der Waals surface area contributed by atoms with Gasteiger partial charge in [-0.2, -0.15) is 0 Å². The molecule has 0 saturated heterocycles. The highest BCUT2D eigenvalue weighted by Gasteiger charge is 2.26. The molecule has 5 nitrogen and oxygen atoms in total. The number of aromatic nitrogens is 1. The predicted octanol–water partition coefficient (Wildman–Crippen LogP) is 5.25. The number of nitrogens with zero attached hydrogens (tertiary/aromatic N) is 1. The summed E-state index contributed by atoms with van der Waals surface area (Å²) >= 11 is 0. The van der Waals surface area contributed by atoms with E-state index >= 15 is 0 Å². The number of carbonyl (C=O) groups excluding carboxylic acids is 1. The van der Waals surface area contributed by atoms with Crippen molar-refractivity contribution in [2.45, 2.75) is 71.3 Å². The number of carboxylic acids is 1. The third kappa shape index (κ3) is 5.08. The molecule has 29 heavy (non-hydrogen) atoms. The number of carboxylic acid groups (broad SMARTS) is 1. The van der Waals surface area contributed by atoms with E-state index in [1.807, 2.05) is 38.1 Å². The number of amides is 1. The van der Waals surface area contributed by atoms with Gasteiger partial charge in [0.15, 0.2) is 0 Å². The molecule has 1 heterocycles. The van der Waals surface area contributed by atoms with E-state index in [-0.39, 0.29) is 11.9 Å². The highest BCUT2D eigenvalue weighted by molar-refractivity contribution is 5.91. The van der Waals surface area contributed by atoms with E-state index in [0.717, 1.165) is 28.9 Å². The van der Waals surface area contributed by atoms with Crippen LogP contribution in [0.3, 0.4) is 0 Å². The molecule has 2 aromatic rings. The molecule has 0 radical (unpaired) electrons. The summed E-state index contributed by atoms with van der Waals surface area (Å²) in [6.07, 6.45) is 8.12. The summed E-state index contributed by atoms with van der Waals surface area (Å²) in [4.78, 5) is 23.4. The van der Waals surface area contributed by atoms with Crippen LogP contribution in [0.2, 0.25) is 0 Å². The van der Waals surface area contributed by atoms with Crippen molar-refractivity contribution in [3.8, 4) is 11.3 Å². The number of primary amides is 1. The van der Waals surface area contributed by atoms with E-state index in [1.54, 1.807) is 6.07 Å². The summed E-state index contributed by atoms with van der Waals surface area (Å²) in [5.74, 6) is -0.609. The minimum absolute atomic E-state index is 0.0648. The Morgan fingerprint density at radius 3 is 2.38 bits per heavy atom. The van der Waals surface area contributed by atoms with Crippen LogP contribution in [0.1, 0.15) is 79.0 Å². The summed E-state index contributed by atoms with van der Waals surface area (Å²) in [7, 11) is 0. The van der Waals surface area contributed by atoms with Gasteiger partial charge in [-0.1, -0.05) is 61.9 Å². The molecule has 5 heteroatoms. The van der Waals surface area contributed by atoms with Gasteiger partial charge >= 0.3 is 5.97 Å². The van der Waals surface area contributed by atoms with Gasteiger partial charge < -0.3 is 15.4 Å². The lowest BCUT2D eigenvalue weighted by Gasteiger charge is -2.30. The van der Waals surface area contributed by atoms with Crippen molar-refractivity contribution in [2.75, 3.05) is 0 Å². The molecule has 1 unspecified atom stereocenters. The van der Waals surface area contributed by atoms with E-state index in [4.69, 9.17) is 5.73 Å². The van der Waals surface area contributed by atoms with Gasteiger partial charge in [0.05, 0.1) is 5.56 Å². The number of rotatable bonds is 8. The topological polar surface area (TPSA) is 85.3 Å². The smallest absolute Gasteiger partial charge is 0.337 e. The van der Waals surface area contributed by atoms with Gasteiger partial charge in [-0.25, -0.2) is 4.79 Å². The molecule has 3 N–H and O–H groups in total. The van der Waals surface area contributed by atoms with Crippen molar-refractivity contribution < 1.29 is 14.7 Å². The zero-order valence-electron chi connectivity index (χ0n) is 17.5. The van der Waals surface area contributed by atoms with Crippen LogP contribution >= 0.6 is 0 Å². The van der Waals surface area contributed by atoms with Gasteiger partial charge in [-0.3, -0.25) is 4.79 Å². The first-order valence-electron chi connectivity index (χ1n) is 10.7. The second-order valence-electron chi connectivity index (χ2n) is 8.47. The van der Waals surface area contributed by atoms with E-state index in [9.17, 15) is 14.7 Å². The summed E-state index contributed by atoms with van der Waals surface area (Å²) in [5.41, 5.74) is 9.61. The maximum absolute atomic E-state index is 11.9. The van der Waals surface area contributed by atoms with E-state index < -0.39 is 5.97 Å². The average molecular weight is 397 g/mol. The molecular weight excluding hydrogens is 364 g/mol. The first-order valence-corrected chi connectivity index (χ1v) is 10.7. The van der Waals surface area contributed by atoms with Gasteiger partial charge in [0, 0.05) is 23.9 Å². The maximum Gasteiger partial charge on any atom is 0.337 e. The Hall–Kier alpha value is -2.56. The minimum Gasteiger partial charge on any atom is -0.478 e. The molecule has 3 rings (SSSR count). The Kier molecular flexibility index (Phi) is 6.78. The molecule has 1 aliphatic carbocycles. The first kappa shape index (κ1) is 21.2.